The van der Waals surface area contributed by atoms with E-state index in [1.54, 1.807) is 0 Å². The Kier molecular flexibility index (Phi) is 6.02. The van der Waals surface area contributed by atoms with E-state index in [4.69, 9.17) is 4.98 Å². The molecule has 4 aliphatic rings. The van der Waals surface area contributed by atoms with Crippen LogP contribution in [0.15, 0.2) is 24.4 Å². The summed E-state index contributed by atoms with van der Waals surface area (Å²) in [5.41, 5.74) is 4.04. The molecule has 1 saturated carbocycles. The summed E-state index contributed by atoms with van der Waals surface area (Å²) in [6.07, 6.45) is 8.18. The Morgan fingerprint density at radius 3 is 2.61 bits per heavy atom. The van der Waals surface area contributed by atoms with Gasteiger partial charge in [0.1, 0.15) is 11.4 Å². The number of piperazine rings is 1. The normalized spacial score (nSPS) is 24.7. The Morgan fingerprint density at radius 2 is 1.89 bits per heavy atom. The van der Waals surface area contributed by atoms with Crippen molar-refractivity contribution in [1.82, 2.24) is 19.8 Å². The van der Waals surface area contributed by atoms with Gasteiger partial charge in [0, 0.05) is 74.4 Å². The van der Waals surface area contributed by atoms with E-state index in [9.17, 15) is 4.79 Å². The number of hydrogen-bond acceptors (Lipinski definition) is 7. The molecule has 3 aliphatic heterocycles. The van der Waals surface area contributed by atoms with E-state index in [-0.39, 0.29) is 5.91 Å². The highest BCUT2D eigenvalue weighted by molar-refractivity contribution is 5.94. The van der Waals surface area contributed by atoms with E-state index in [2.05, 4.69) is 69.3 Å². The Balaban J connectivity index is 1.12. The SMILES string of the molecule is Cc1cc(Nc2ncc3c(n2)NC2(CCN(C4CCCC4)C2=O)C3)ccc1N1CCN(C(C)C)CC1. The second-order valence-corrected chi connectivity index (χ2v) is 11.4. The lowest BCUT2D eigenvalue weighted by Gasteiger charge is -2.38. The third kappa shape index (κ3) is 4.19. The number of nitrogens with zero attached hydrogens (tertiary/aromatic N) is 5. The van der Waals surface area contributed by atoms with Gasteiger partial charge in [-0.3, -0.25) is 9.69 Å². The molecule has 2 saturated heterocycles. The molecule has 8 nitrogen and oxygen atoms in total. The lowest BCUT2D eigenvalue weighted by atomic mass is 9.94. The van der Waals surface area contributed by atoms with Gasteiger partial charge in [0.05, 0.1) is 0 Å². The van der Waals surface area contributed by atoms with E-state index in [0.717, 1.165) is 69.1 Å². The fourth-order valence-corrected chi connectivity index (χ4v) is 6.64. The molecule has 36 heavy (non-hydrogen) atoms. The molecule has 1 aromatic carbocycles. The van der Waals surface area contributed by atoms with Crippen LogP contribution in [0.4, 0.5) is 23.1 Å². The molecule has 3 fully saturated rings. The molecular weight excluding hydrogens is 450 g/mol. The highest BCUT2D eigenvalue weighted by atomic mass is 16.2. The van der Waals surface area contributed by atoms with Crippen molar-refractivity contribution >= 4 is 29.0 Å². The molecule has 2 N–H and O–H groups in total. The maximum absolute atomic E-state index is 13.4. The van der Waals surface area contributed by atoms with Gasteiger partial charge in [-0.15, -0.1) is 0 Å². The number of hydrogen-bond donors (Lipinski definition) is 2. The Bertz CT molecular complexity index is 1140. The predicted molar refractivity (Wildman–Crippen MR) is 144 cm³/mol. The largest absolute Gasteiger partial charge is 0.369 e. The summed E-state index contributed by atoms with van der Waals surface area (Å²) in [4.78, 5) is 29.9. The van der Waals surface area contributed by atoms with E-state index in [1.165, 1.54) is 24.1 Å². The lowest BCUT2D eigenvalue weighted by molar-refractivity contribution is -0.133. The monoisotopic (exact) mass is 489 g/mol. The minimum Gasteiger partial charge on any atom is -0.369 e. The van der Waals surface area contributed by atoms with Crippen LogP contribution in [0.3, 0.4) is 0 Å². The molecule has 1 unspecified atom stereocenters. The summed E-state index contributed by atoms with van der Waals surface area (Å²) < 4.78 is 0. The first-order chi connectivity index (χ1) is 17.4. The number of carbonyl (C=O) groups excluding carboxylic acids is 1. The molecule has 8 heteroatoms. The number of nitrogens with one attached hydrogen (secondary N) is 2. The highest BCUT2D eigenvalue weighted by Gasteiger charge is 2.52. The quantitative estimate of drug-likeness (QED) is 0.659. The molecule has 0 radical (unpaired) electrons. The number of carbonyl (C=O) groups is 1. The van der Waals surface area contributed by atoms with Crippen LogP contribution in [-0.4, -0.2) is 76.0 Å². The van der Waals surface area contributed by atoms with Gasteiger partial charge in [-0.25, -0.2) is 4.98 Å². The molecule has 1 aromatic heterocycles. The average molecular weight is 490 g/mol. The van der Waals surface area contributed by atoms with Crippen molar-refractivity contribution in [3.8, 4) is 0 Å². The molecule has 4 heterocycles. The predicted octanol–water partition coefficient (Wildman–Crippen LogP) is 3.94. The molecule has 1 amide bonds. The Hall–Kier alpha value is -2.87. The molecule has 192 valence electrons. The smallest absolute Gasteiger partial charge is 0.248 e. The van der Waals surface area contributed by atoms with Crippen LogP contribution in [0, 0.1) is 6.92 Å². The van der Waals surface area contributed by atoms with Crippen molar-refractivity contribution in [2.45, 2.75) is 76.9 Å². The number of amides is 1. The molecule has 1 aliphatic carbocycles. The van der Waals surface area contributed by atoms with E-state index in [1.807, 2.05) is 6.20 Å². The van der Waals surface area contributed by atoms with E-state index >= 15 is 0 Å². The summed E-state index contributed by atoms with van der Waals surface area (Å²) in [5.74, 6) is 1.61. The maximum atomic E-state index is 13.4. The first-order valence-corrected chi connectivity index (χ1v) is 13.7. The number of aromatic nitrogens is 2. The van der Waals surface area contributed by atoms with Crippen molar-refractivity contribution in [2.24, 2.45) is 0 Å². The molecular formula is C28H39N7O. The number of benzene rings is 1. The van der Waals surface area contributed by atoms with Gasteiger partial charge in [-0.2, -0.15) is 4.98 Å². The highest BCUT2D eigenvalue weighted by Crippen LogP contribution is 2.41. The minimum absolute atomic E-state index is 0.252. The van der Waals surface area contributed by atoms with Crippen molar-refractivity contribution in [2.75, 3.05) is 48.3 Å². The van der Waals surface area contributed by atoms with Crippen LogP contribution >= 0.6 is 0 Å². The summed E-state index contributed by atoms with van der Waals surface area (Å²) >= 11 is 0. The van der Waals surface area contributed by atoms with Gasteiger partial charge in [0.15, 0.2) is 0 Å². The third-order valence-corrected chi connectivity index (χ3v) is 8.77. The number of aryl methyl sites for hydroxylation is 1. The molecule has 1 atom stereocenters. The number of likely N-dealkylation sites (tertiary alicyclic amines) is 1. The molecule has 0 bridgehead atoms. The zero-order valence-electron chi connectivity index (χ0n) is 21.9. The van der Waals surface area contributed by atoms with Crippen LogP contribution in [-0.2, 0) is 11.2 Å². The van der Waals surface area contributed by atoms with Gasteiger partial charge >= 0.3 is 0 Å². The molecule has 6 rings (SSSR count). The van der Waals surface area contributed by atoms with E-state index < -0.39 is 5.54 Å². The van der Waals surface area contributed by atoms with Crippen LogP contribution in [0.25, 0.3) is 0 Å². The van der Waals surface area contributed by atoms with Gasteiger partial charge in [0.25, 0.3) is 0 Å². The first kappa shape index (κ1) is 23.5. The van der Waals surface area contributed by atoms with Gasteiger partial charge in [-0.05, 0) is 63.8 Å². The minimum atomic E-state index is -0.532. The fraction of sp³-hybridized carbons (Fsp3) is 0.607. The zero-order valence-corrected chi connectivity index (χ0v) is 21.9. The van der Waals surface area contributed by atoms with Crippen LogP contribution in [0.1, 0.15) is 57.1 Å². The van der Waals surface area contributed by atoms with Crippen molar-refractivity contribution in [3.63, 3.8) is 0 Å². The summed E-state index contributed by atoms with van der Waals surface area (Å²) in [7, 11) is 0. The van der Waals surface area contributed by atoms with Gasteiger partial charge in [-0.1, -0.05) is 12.8 Å². The van der Waals surface area contributed by atoms with E-state index in [0.29, 0.717) is 24.5 Å². The topological polar surface area (TPSA) is 76.6 Å². The summed E-state index contributed by atoms with van der Waals surface area (Å²) in [5, 5.41) is 6.91. The molecule has 2 aromatic rings. The summed E-state index contributed by atoms with van der Waals surface area (Å²) in [6.45, 7) is 11.9. The standard InChI is InChI=1S/C28H39N7O/c1-19(2)33-12-14-34(15-13-33)24-9-8-22(16-20(24)3)30-27-29-18-21-17-28(32-25(21)31-27)10-11-35(26(28)36)23-6-4-5-7-23/h8-9,16,18-19,23H,4-7,10-15,17H2,1-3H3,(H2,29,30,31,32). The van der Waals surface area contributed by atoms with Gasteiger partial charge < -0.3 is 20.4 Å². The van der Waals surface area contributed by atoms with Gasteiger partial charge in [0.2, 0.25) is 11.9 Å². The second kappa shape index (κ2) is 9.21. The number of rotatable bonds is 5. The van der Waals surface area contributed by atoms with Crippen LogP contribution < -0.4 is 15.5 Å². The van der Waals surface area contributed by atoms with Crippen molar-refractivity contribution in [1.29, 1.82) is 0 Å². The van der Waals surface area contributed by atoms with Crippen molar-refractivity contribution in [3.05, 3.63) is 35.5 Å². The third-order valence-electron chi connectivity index (χ3n) is 8.77. The Morgan fingerprint density at radius 1 is 1.11 bits per heavy atom. The van der Waals surface area contributed by atoms with Crippen molar-refractivity contribution < 1.29 is 4.79 Å². The first-order valence-electron chi connectivity index (χ1n) is 13.7. The number of fused-ring (bicyclic) bond motifs is 1. The summed E-state index contributed by atoms with van der Waals surface area (Å²) in [6, 6.07) is 7.53. The van der Waals surface area contributed by atoms with Crippen LogP contribution in [0.5, 0.6) is 0 Å². The van der Waals surface area contributed by atoms with Crippen LogP contribution in [0.2, 0.25) is 0 Å². The molecule has 1 spiro atoms. The average Bonchev–Trinajstić information content (AvgIpc) is 3.59. The fourth-order valence-electron chi connectivity index (χ4n) is 6.64. The maximum Gasteiger partial charge on any atom is 0.248 e. The zero-order chi connectivity index (χ0) is 24.9. The lowest BCUT2D eigenvalue weighted by Crippen LogP contribution is -2.49. The Labute approximate surface area is 214 Å². The number of anilines is 4. The second-order valence-electron chi connectivity index (χ2n) is 11.4.